The number of nitrogens with one attached hydrogen (secondary N) is 2. The average Bonchev–Trinajstić information content (AvgIpc) is 2.97. The molecule has 1 saturated carbocycles. The first-order valence-corrected chi connectivity index (χ1v) is 8.87. The highest BCUT2D eigenvalue weighted by atomic mass is 16.5. The molecule has 0 atom stereocenters. The van der Waals surface area contributed by atoms with Gasteiger partial charge in [-0.3, -0.25) is 10.2 Å². The Morgan fingerprint density at radius 2 is 2.04 bits per heavy atom. The highest BCUT2D eigenvalue weighted by Gasteiger charge is 2.26. The number of furan rings is 1. The second-order valence-corrected chi connectivity index (χ2v) is 6.83. The maximum atomic E-state index is 12.6. The third-order valence-corrected chi connectivity index (χ3v) is 4.91. The van der Waals surface area contributed by atoms with Crippen LogP contribution >= 0.6 is 0 Å². The number of rotatable bonds is 6. The van der Waals surface area contributed by atoms with E-state index in [0.717, 1.165) is 18.2 Å². The van der Waals surface area contributed by atoms with Gasteiger partial charge in [-0.15, -0.1) is 0 Å². The third-order valence-electron chi connectivity index (χ3n) is 4.91. The van der Waals surface area contributed by atoms with Crippen molar-refractivity contribution in [2.24, 2.45) is 5.73 Å². The maximum Gasteiger partial charge on any atom is 0.329 e. The van der Waals surface area contributed by atoms with Crippen molar-refractivity contribution in [1.82, 2.24) is 5.32 Å². The first-order chi connectivity index (χ1) is 12.8. The van der Waals surface area contributed by atoms with Crippen LogP contribution in [0.1, 0.15) is 47.4 Å². The lowest BCUT2D eigenvalue weighted by molar-refractivity contribution is -0.145. The van der Waals surface area contributed by atoms with Crippen LogP contribution in [0.25, 0.3) is 11.0 Å². The molecule has 144 valence electrons. The van der Waals surface area contributed by atoms with E-state index in [-0.39, 0.29) is 36.3 Å². The van der Waals surface area contributed by atoms with Gasteiger partial charge >= 0.3 is 5.97 Å². The summed E-state index contributed by atoms with van der Waals surface area (Å²) >= 11 is 0. The Labute approximate surface area is 156 Å². The van der Waals surface area contributed by atoms with Gasteiger partial charge in [0, 0.05) is 22.6 Å². The van der Waals surface area contributed by atoms with Gasteiger partial charge in [0.2, 0.25) is 0 Å². The second kappa shape index (κ2) is 7.79. The topological polar surface area (TPSA) is 139 Å². The van der Waals surface area contributed by atoms with Gasteiger partial charge in [-0.2, -0.15) is 0 Å². The van der Waals surface area contributed by atoms with Gasteiger partial charge in [-0.1, -0.05) is 0 Å². The van der Waals surface area contributed by atoms with Crippen LogP contribution in [0, 0.1) is 12.3 Å². The Kier molecular flexibility index (Phi) is 5.46. The molecule has 1 aromatic heterocycles. The van der Waals surface area contributed by atoms with E-state index in [0.29, 0.717) is 29.6 Å². The first kappa shape index (κ1) is 18.9. The molecule has 3 rings (SSSR count). The number of carbonyl (C=O) groups excluding carboxylic acids is 1. The lowest BCUT2D eigenvalue weighted by atomic mass is 9.93. The van der Waals surface area contributed by atoms with Gasteiger partial charge in [0.25, 0.3) is 5.91 Å². The molecule has 1 aliphatic carbocycles. The molecule has 0 bridgehead atoms. The van der Waals surface area contributed by atoms with E-state index in [1.807, 2.05) is 0 Å². The number of carbonyl (C=O) groups is 2. The summed E-state index contributed by atoms with van der Waals surface area (Å²) in [6.45, 7) is 1.52. The SMILES string of the molecule is Cc1c(C(=O)NC2CCC(OCC(=O)O)CC2)oc2ccc(C(=N)N)cc12. The number of ether oxygens (including phenoxy) is 1. The van der Waals surface area contributed by atoms with Crippen LogP contribution in [-0.4, -0.2) is 41.6 Å². The quantitative estimate of drug-likeness (QED) is 0.452. The summed E-state index contributed by atoms with van der Waals surface area (Å²) in [7, 11) is 0. The molecule has 27 heavy (non-hydrogen) atoms. The Bertz CT molecular complexity index is 881. The molecule has 0 radical (unpaired) electrons. The van der Waals surface area contributed by atoms with Crippen molar-refractivity contribution >= 4 is 28.7 Å². The zero-order valence-electron chi connectivity index (χ0n) is 15.1. The van der Waals surface area contributed by atoms with Crippen LogP contribution in [0.4, 0.5) is 0 Å². The highest BCUT2D eigenvalue weighted by molar-refractivity contribution is 6.02. The second-order valence-electron chi connectivity index (χ2n) is 6.83. The highest BCUT2D eigenvalue weighted by Crippen LogP contribution is 2.27. The summed E-state index contributed by atoms with van der Waals surface area (Å²) in [5.41, 5.74) is 7.40. The number of benzene rings is 1. The summed E-state index contributed by atoms with van der Waals surface area (Å²) in [5, 5.41) is 20.0. The molecule has 1 aromatic carbocycles. The molecule has 8 heteroatoms. The molecule has 1 aliphatic rings. The number of fused-ring (bicyclic) bond motifs is 1. The Balaban J connectivity index is 1.64. The molecule has 1 heterocycles. The number of carboxylic acid groups (broad SMARTS) is 1. The van der Waals surface area contributed by atoms with Crippen LogP contribution in [0.3, 0.4) is 0 Å². The number of hydrogen-bond acceptors (Lipinski definition) is 5. The van der Waals surface area contributed by atoms with Crippen molar-refractivity contribution in [2.45, 2.75) is 44.8 Å². The van der Waals surface area contributed by atoms with Crippen molar-refractivity contribution in [2.75, 3.05) is 6.61 Å². The molecule has 1 fully saturated rings. The van der Waals surface area contributed by atoms with E-state index >= 15 is 0 Å². The maximum absolute atomic E-state index is 12.6. The summed E-state index contributed by atoms with van der Waals surface area (Å²) in [6, 6.07) is 5.15. The van der Waals surface area contributed by atoms with Gasteiger partial charge in [-0.05, 0) is 50.8 Å². The van der Waals surface area contributed by atoms with E-state index in [4.69, 9.17) is 25.4 Å². The number of amides is 1. The molecule has 8 nitrogen and oxygen atoms in total. The van der Waals surface area contributed by atoms with Crippen molar-refractivity contribution in [3.8, 4) is 0 Å². The fourth-order valence-corrected chi connectivity index (χ4v) is 3.42. The lowest BCUT2D eigenvalue weighted by Crippen LogP contribution is -2.39. The van der Waals surface area contributed by atoms with Gasteiger partial charge in [-0.25, -0.2) is 4.79 Å². The minimum absolute atomic E-state index is 0.00238. The van der Waals surface area contributed by atoms with Crippen molar-refractivity contribution in [1.29, 1.82) is 5.41 Å². The zero-order valence-corrected chi connectivity index (χ0v) is 15.1. The molecule has 0 saturated heterocycles. The lowest BCUT2D eigenvalue weighted by Gasteiger charge is -2.28. The first-order valence-electron chi connectivity index (χ1n) is 8.87. The van der Waals surface area contributed by atoms with Gasteiger partial charge in [0.15, 0.2) is 5.76 Å². The number of amidine groups is 1. The standard InChI is InChI=1S/C19H23N3O5/c1-10-14-8-11(18(20)21)2-7-15(14)27-17(10)19(25)22-12-3-5-13(6-4-12)26-9-16(23)24/h2,7-8,12-13H,3-6,9H2,1H3,(H3,20,21)(H,22,25)(H,23,24). The summed E-state index contributed by atoms with van der Waals surface area (Å²) in [6.07, 6.45) is 2.79. The Hall–Kier alpha value is -2.87. The zero-order chi connectivity index (χ0) is 19.6. The molecule has 0 aliphatic heterocycles. The molecular formula is C19H23N3O5. The van der Waals surface area contributed by atoms with E-state index < -0.39 is 5.97 Å². The fraction of sp³-hybridized carbons (Fsp3) is 0.421. The fourth-order valence-electron chi connectivity index (χ4n) is 3.42. The van der Waals surface area contributed by atoms with Crippen LogP contribution in [0.15, 0.2) is 22.6 Å². The van der Waals surface area contributed by atoms with Crippen LogP contribution in [0.5, 0.6) is 0 Å². The minimum Gasteiger partial charge on any atom is -0.480 e. The predicted octanol–water partition coefficient (Wildman–Crippen LogP) is 2.17. The molecule has 5 N–H and O–H groups in total. The van der Waals surface area contributed by atoms with E-state index in [9.17, 15) is 9.59 Å². The molecular weight excluding hydrogens is 350 g/mol. The predicted molar refractivity (Wildman–Crippen MR) is 99.1 cm³/mol. The molecule has 0 unspecified atom stereocenters. The third kappa shape index (κ3) is 4.28. The van der Waals surface area contributed by atoms with Crippen molar-refractivity contribution in [3.63, 3.8) is 0 Å². The Morgan fingerprint density at radius 3 is 2.67 bits per heavy atom. The smallest absolute Gasteiger partial charge is 0.329 e. The van der Waals surface area contributed by atoms with Gasteiger partial charge < -0.3 is 25.3 Å². The van der Waals surface area contributed by atoms with E-state index in [1.165, 1.54) is 0 Å². The normalized spacial score (nSPS) is 19.7. The molecule has 1 amide bonds. The van der Waals surface area contributed by atoms with E-state index in [2.05, 4.69) is 5.32 Å². The summed E-state index contributed by atoms with van der Waals surface area (Å²) in [4.78, 5) is 23.2. The molecule has 2 aromatic rings. The summed E-state index contributed by atoms with van der Waals surface area (Å²) in [5.74, 6) is -1.03. The average molecular weight is 373 g/mol. The van der Waals surface area contributed by atoms with Crippen LogP contribution < -0.4 is 11.1 Å². The number of aliphatic carboxylic acids is 1. The van der Waals surface area contributed by atoms with Gasteiger partial charge in [0.1, 0.15) is 18.0 Å². The van der Waals surface area contributed by atoms with Gasteiger partial charge in [0.05, 0.1) is 6.10 Å². The van der Waals surface area contributed by atoms with Crippen LogP contribution in [-0.2, 0) is 9.53 Å². The number of aryl methyl sites for hydroxylation is 1. The number of carboxylic acids is 1. The summed E-state index contributed by atoms with van der Waals surface area (Å²) < 4.78 is 11.0. The minimum atomic E-state index is -0.973. The number of nitrogen functional groups attached to an aromatic ring is 1. The number of nitrogens with two attached hydrogens (primary N) is 1. The van der Waals surface area contributed by atoms with E-state index in [1.54, 1.807) is 25.1 Å². The van der Waals surface area contributed by atoms with Crippen LogP contribution in [0.2, 0.25) is 0 Å². The number of hydrogen-bond donors (Lipinski definition) is 4. The largest absolute Gasteiger partial charge is 0.480 e. The van der Waals surface area contributed by atoms with Crippen molar-refractivity contribution in [3.05, 3.63) is 35.1 Å². The molecule has 0 spiro atoms. The monoisotopic (exact) mass is 373 g/mol. The van der Waals surface area contributed by atoms with Crippen molar-refractivity contribution < 1.29 is 23.8 Å². The Morgan fingerprint density at radius 1 is 1.33 bits per heavy atom.